The molecule has 1 heterocycles. The Balaban J connectivity index is 3.07. The van der Waals surface area contributed by atoms with E-state index in [-0.39, 0.29) is 6.42 Å². The number of ether oxygens (including phenoxy) is 1. The number of nitrogens with zero attached hydrogens (tertiary/aromatic N) is 3. The fourth-order valence-electron chi connectivity index (χ4n) is 1.41. The van der Waals surface area contributed by atoms with Crippen molar-refractivity contribution >= 4 is 5.97 Å². The third kappa shape index (κ3) is 2.97. The van der Waals surface area contributed by atoms with Gasteiger partial charge in [-0.05, 0) is 6.42 Å². The molecule has 0 radical (unpaired) electrons. The van der Waals surface area contributed by atoms with Gasteiger partial charge in [-0.1, -0.05) is 6.92 Å². The second kappa shape index (κ2) is 5.34. The van der Waals surface area contributed by atoms with E-state index in [1.807, 2.05) is 0 Å². The van der Waals surface area contributed by atoms with Crippen LogP contribution in [0.5, 0.6) is 0 Å². The van der Waals surface area contributed by atoms with Gasteiger partial charge >= 0.3 is 12.1 Å². The summed E-state index contributed by atoms with van der Waals surface area (Å²) in [5.74, 6) is -1.34. The van der Waals surface area contributed by atoms with Crippen LogP contribution in [-0.2, 0) is 4.74 Å². The molecule has 6 nitrogen and oxygen atoms in total. The average Bonchev–Trinajstić information content (AvgIpc) is 2.75. The Morgan fingerprint density at radius 2 is 2.22 bits per heavy atom. The van der Waals surface area contributed by atoms with Gasteiger partial charge in [-0.2, -0.15) is 13.2 Å². The van der Waals surface area contributed by atoms with E-state index >= 15 is 0 Å². The maximum atomic E-state index is 12.9. The molecule has 0 aliphatic heterocycles. The first-order chi connectivity index (χ1) is 8.31. The fraction of sp³-hybridized carbons (Fsp3) is 0.667. The van der Waals surface area contributed by atoms with Crippen molar-refractivity contribution in [3.8, 4) is 0 Å². The van der Waals surface area contributed by atoms with Crippen LogP contribution < -0.4 is 5.73 Å². The normalized spacial score (nSPS) is 15.2. The van der Waals surface area contributed by atoms with Gasteiger partial charge in [-0.25, -0.2) is 14.5 Å². The van der Waals surface area contributed by atoms with Crippen LogP contribution in [-0.4, -0.2) is 40.1 Å². The maximum absolute atomic E-state index is 12.9. The predicted molar refractivity (Wildman–Crippen MR) is 54.7 cm³/mol. The molecule has 1 aromatic heterocycles. The highest BCUT2D eigenvalue weighted by Gasteiger charge is 2.45. The van der Waals surface area contributed by atoms with Gasteiger partial charge in [0, 0.05) is 6.04 Å². The lowest BCUT2D eigenvalue weighted by atomic mass is 10.1. The van der Waals surface area contributed by atoms with Crippen LogP contribution in [0.4, 0.5) is 13.2 Å². The van der Waals surface area contributed by atoms with E-state index in [2.05, 4.69) is 14.8 Å². The molecule has 0 fully saturated rings. The van der Waals surface area contributed by atoms with Gasteiger partial charge in [-0.3, -0.25) is 0 Å². The van der Waals surface area contributed by atoms with Crippen LogP contribution in [0.25, 0.3) is 0 Å². The van der Waals surface area contributed by atoms with Crippen molar-refractivity contribution in [2.24, 2.45) is 5.73 Å². The van der Waals surface area contributed by atoms with E-state index in [0.29, 0.717) is 4.68 Å². The summed E-state index contributed by atoms with van der Waals surface area (Å²) in [6, 6.07) is -3.19. The van der Waals surface area contributed by atoms with Crippen molar-refractivity contribution in [1.82, 2.24) is 14.8 Å². The summed E-state index contributed by atoms with van der Waals surface area (Å²) in [5.41, 5.74) is 5.43. The Kier molecular flexibility index (Phi) is 4.28. The Morgan fingerprint density at radius 3 is 2.67 bits per heavy atom. The highest BCUT2D eigenvalue weighted by atomic mass is 19.4. The molecule has 0 saturated carbocycles. The number of aromatic nitrogens is 3. The largest absolute Gasteiger partial charge is 0.463 e. The molecule has 0 aliphatic carbocycles. The summed E-state index contributed by atoms with van der Waals surface area (Å²) >= 11 is 0. The SMILES string of the molecule is CCC(N)C(n1cnc(C(=O)OC)n1)C(F)(F)F. The van der Waals surface area contributed by atoms with Crippen molar-refractivity contribution in [3.63, 3.8) is 0 Å². The van der Waals surface area contributed by atoms with E-state index < -0.39 is 30.1 Å². The minimum atomic E-state index is -4.57. The molecule has 2 atom stereocenters. The summed E-state index contributed by atoms with van der Waals surface area (Å²) in [6.07, 6.45) is -3.64. The van der Waals surface area contributed by atoms with E-state index in [1.54, 1.807) is 0 Å². The van der Waals surface area contributed by atoms with E-state index in [4.69, 9.17) is 5.73 Å². The lowest BCUT2D eigenvalue weighted by Gasteiger charge is -2.25. The van der Waals surface area contributed by atoms with Crippen LogP contribution in [0.1, 0.15) is 30.0 Å². The minimum absolute atomic E-state index is 0.109. The quantitative estimate of drug-likeness (QED) is 0.819. The molecule has 0 aliphatic rings. The molecule has 18 heavy (non-hydrogen) atoms. The summed E-state index contributed by atoms with van der Waals surface area (Å²) < 4.78 is 43.4. The fourth-order valence-corrected chi connectivity index (χ4v) is 1.41. The lowest BCUT2D eigenvalue weighted by Crippen LogP contribution is -2.41. The third-order valence-electron chi connectivity index (χ3n) is 2.37. The van der Waals surface area contributed by atoms with Crippen molar-refractivity contribution < 1.29 is 22.7 Å². The average molecular weight is 266 g/mol. The Morgan fingerprint density at radius 1 is 1.61 bits per heavy atom. The first-order valence-corrected chi connectivity index (χ1v) is 5.13. The monoisotopic (exact) mass is 266 g/mol. The molecule has 2 N–H and O–H groups in total. The van der Waals surface area contributed by atoms with Crippen LogP contribution in [0, 0.1) is 0 Å². The zero-order valence-corrected chi connectivity index (χ0v) is 9.81. The van der Waals surface area contributed by atoms with Crippen molar-refractivity contribution in [2.75, 3.05) is 7.11 Å². The number of carbonyl (C=O) groups is 1. The van der Waals surface area contributed by atoms with Crippen LogP contribution in [0.15, 0.2) is 6.33 Å². The van der Waals surface area contributed by atoms with E-state index in [1.165, 1.54) is 6.92 Å². The number of alkyl halides is 3. The number of methoxy groups -OCH3 is 1. The zero-order chi connectivity index (χ0) is 13.9. The number of nitrogens with two attached hydrogens (primary N) is 1. The number of hydrogen-bond donors (Lipinski definition) is 1. The minimum Gasteiger partial charge on any atom is -0.463 e. The number of rotatable bonds is 4. The Hall–Kier alpha value is -1.64. The van der Waals surface area contributed by atoms with Gasteiger partial charge in [0.15, 0.2) is 6.04 Å². The van der Waals surface area contributed by atoms with Crippen molar-refractivity contribution in [1.29, 1.82) is 0 Å². The maximum Gasteiger partial charge on any atom is 0.412 e. The van der Waals surface area contributed by atoms with Gasteiger partial charge in [0.1, 0.15) is 6.33 Å². The van der Waals surface area contributed by atoms with Crippen LogP contribution in [0.3, 0.4) is 0 Å². The highest BCUT2D eigenvalue weighted by Crippen LogP contribution is 2.32. The van der Waals surface area contributed by atoms with Crippen molar-refractivity contribution in [3.05, 3.63) is 12.2 Å². The topological polar surface area (TPSA) is 83.0 Å². The van der Waals surface area contributed by atoms with Crippen LogP contribution >= 0.6 is 0 Å². The number of esters is 1. The Labute approximate surface area is 101 Å². The number of carbonyl (C=O) groups excluding carboxylic acids is 1. The van der Waals surface area contributed by atoms with Gasteiger partial charge in [-0.15, -0.1) is 5.10 Å². The summed E-state index contributed by atoms with van der Waals surface area (Å²) in [4.78, 5) is 14.5. The van der Waals surface area contributed by atoms with E-state index in [9.17, 15) is 18.0 Å². The smallest absolute Gasteiger partial charge is 0.412 e. The molecule has 2 unspecified atom stereocenters. The number of halogens is 3. The molecule has 0 bridgehead atoms. The van der Waals surface area contributed by atoms with Gasteiger partial charge in [0.2, 0.25) is 0 Å². The summed E-state index contributed by atoms with van der Waals surface area (Å²) in [6.45, 7) is 1.53. The van der Waals surface area contributed by atoms with Gasteiger partial charge < -0.3 is 10.5 Å². The molecule has 1 aromatic rings. The second-order valence-corrected chi connectivity index (χ2v) is 3.60. The predicted octanol–water partition coefficient (Wildman–Crippen LogP) is 0.905. The molecule has 0 saturated heterocycles. The third-order valence-corrected chi connectivity index (χ3v) is 2.37. The molecular formula is C9H13F3N4O2. The molecule has 0 aromatic carbocycles. The van der Waals surface area contributed by atoms with Crippen LogP contribution in [0.2, 0.25) is 0 Å². The van der Waals surface area contributed by atoms with Gasteiger partial charge in [0.05, 0.1) is 7.11 Å². The molecule has 0 amide bonds. The molecule has 0 spiro atoms. The first-order valence-electron chi connectivity index (χ1n) is 5.13. The molecule has 102 valence electrons. The lowest BCUT2D eigenvalue weighted by molar-refractivity contribution is -0.175. The zero-order valence-electron chi connectivity index (χ0n) is 9.81. The standard InChI is InChI=1S/C9H13F3N4O2/c1-3-5(13)6(9(10,11)12)16-4-14-7(15-16)8(17)18-2/h4-6H,3,13H2,1-2H3. The molecular weight excluding hydrogens is 253 g/mol. The molecule has 1 rings (SSSR count). The first kappa shape index (κ1) is 14.4. The van der Waals surface area contributed by atoms with Crippen molar-refractivity contribution in [2.45, 2.75) is 31.6 Å². The second-order valence-electron chi connectivity index (χ2n) is 3.60. The van der Waals surface area contributed by atoms with Gasteiger partial charge in [0.25, 0.3) is 5.82 Å². The summed E-state index contributed by atoms with van der Waals surface area (Å²) in [5, 5.41) is 3.45. The number of hydrogen-bond acceptors (Lipinski definition) is 5. The Bertz CT molecular complexity index is 418. The van der Waals surface area contributed by atoms with E-state index in [0.717, 1.165) is 13.4 Å². The highest BCUT2D eigenvalue weighted by molar-refractivity contribution is 5.84. The summed E-state index contributed by atoms with van der Waals surface area (Å²) in [7, 11) is 1.09. The molecule has 9 heteroatoms.